The van der Waals surface area contributed by atoms with Gasteiger partial charge in [0.2, 0.25) is 10.0 Å². The second-order valence-electron chi connectivity index (χ2n) is 8.69. The largest absolute Gasteiger partial charge is 0.482 e. The summed E-state index contributed by atoms with van der Waals surface area (Å²) in [4.78, 5) is 14.6. The number of benzene rings is 4. The van der Waals surface area contributed by atoms with Gasteiger partial charge in [0.25, 0.3) is 5.91 Å². The van der Waals surface area contributed by atoms with E-state index in [4.69, 9.17) is 21.0 Å². The van der Waals surface area contributed by atoms with E-state index in [0.29, 0.717) is 28.1 Å². The standard InChI is InChI=1S/C28H24N4O4S/c29-28(30)22-8-4-7-20(14-22)19-6-3-5-18(13-19)16-32-24-15-21(11-12-25(24)36-17-27(32)33)23-9-1-2-10-26(23)37(31,34)35/h1-15H,16-17H2,(H3,29,30)(H2,31,34,35). The molecule has 9 heteroatoms. The molecule has 0 saturated carbocycles. The molecule has 1 aliphatic rings. The minimum atomic E-state index is -3.95. The zero-order valence-corrected chi connectivity index (χ0v) is 20.5. The van der Waals surface area contributed by atoms with E-state index in [1.807, 2.05) is 42.5 Å². The Morgan fingerprint density at radius 1 is 0.892 bits per heavy atom. The summed E-state index contributed by atoms with van der Waals surface area (Å²) in [6.45, 7) is 0.191. The maximum atomic E-state index is 13.0. The first-order valence-electron chi connectivity index (χ1n) is 11.4. The summed E-state index contributed by atoms with van der Waals surface area (Å²) in [5.41, 5.74) is 10.6. The lowest BCUT2D eigenvalue weighted by atomic mass is 10.00. The van der Waals surface area contributed by atoms with Crippen molar-refractivity contribution in [3.63, 3.8) is 0 Å². The Morgan fingerprint density at radius 2 is 1.62 bits per heavy atom. The van der Waals surface area contributed by atoms with Crippen molar-refractivity contribution >= 4 is 27.5 Å². The molecule has 0 spiro atoms. The quantitative estimate of drug-likeness (QED) is 0.266. The molecule has 8 nitrogen and oxygen atoms in total. The molecule has 4 aromatic rings. The first kappa shape index (κ1) is 24.2. The molecule has 0 unspecified atom stereocenters. The molecule has 5 N–H and O–H groups in total. The van der Waals surface area contributed by atoms with E-state index in [2.05, 4.69) is 0 Å². The van der Waals surface area contributed by atoms with Gasteiger partial charge in [0.1, 0.15) is 11.6 Å². The number of fused-ring (bicyclic) bond motifs is 1. The lowest BCUT2D eigenvalue weighted by Crippen LogP contribution is -2.38. The second-order valence-corrected chi connectivity index (χ2v) is 10.2. The average Bonchev–Trinajstić information content (AvgIpc) is 2.90. The molecule has 0 aromatic heterocycles. The minimum absolute atomic E-state index is 0.00467. The zero-order valence-electron chi connectivity index (χ0n) is 19.7. The van der Waals surface area contributed by atoms with Gasteiger partial charge in [-0.1, -0.05) is 60.7 Å². The Balaban J connectivity index is 1.52. The molecular formula is C28H24N4O4S. The average molecular weight is 513 g/mol. The van der Waals surface area contributed by atoms with E-state index < -0.39 is 10.0 Å². The first-order valence-corrected chi connectivity index (χ1v) is 13.0. The number of hydrogen-bond acceptors (Lipinski definition) is 5. The Bertz CT molecular complexity index is 1650. The molecule has 0 saturated heterocycles. The van der Waals surface area contributed by atoms with Crippen LogP contribution in [0.4, 0.5) is 5.69 Å². The number of sulfonamides is 1. The van der Waals surface area contributed by atoms with Gasteiger partial charge in [-0.2, -0.15) is 0 Å². The van der Waals surface area contributed by atoms with Crippen molar-refractivity contribution in [2.75, 3.05) is 11.5 Å². The molecule has 1 amide bonds. The number of amides is 1. The Morgan fingerprint density at radius 3 is 2.38 bits per heavy atom. The van der Waals surface area contributed by atoms with Gasteiger partial charge in [0.15, 0.2) is 6.61 Å². The third kappa shape index (κ3) is 4.95. The fraction of sp³-hybridized carbons (Fsp3) is 0.0714. The number of nitrogens with zero attached hydrogens (tertiary/aromatic N) is 1. The maximum absolute atomic E-state index is 13.0. The topological polar surface area (TPSA) is 140 Å². The summed E-state index contributed by atoms with van der Waals surface area (Å²) in [5.74, 6) is 0.309. The highest BCUT2D eigenvalue weighted by Gasteiger charge is 2.27. The number of rotatable bonds is 6. The Labute approximate surface area is 214 Å². The highest BCUT2D eigenvalue weighted by molar-refractivity contribution is 7.89. The third-order valence-corrected chi connectivity index (χ3v) is 7.15. The lowest BCUT2D eigenvalue weighted by molar-refractivity contribution is -0.121. The molecule has 5 rings (SSSR count). The summed E-state index contributed by atoms with van der Waals surface area (Å²) in [6.07, 6.45) is 0. The summed E-state index contributed by atoms with van der Waals surface area (Å²) in [5, 5.41) is 13.1. The summed E-state index contributed by atoms with van der Waals surface area (Å²) < 4.78 is 30.0. The van der Waals surface area contributed by atoms with Crippen LogP contribution in [0.25, 0.3) is 22.3 Å². The molecule has 0 atom stereocenters. The molecular weight excluding hydrogens is 488 g/mol. The predicted molar refractivity (Wildman–Crippen MR) is 143 cm³/mol. The maximum Gasteiger partial charge on any atom is 0.265 e. The van der Waals surface area contributed by atoms with Crippen molar-refractivity contribution in [1.82, 2.24) is 0 Å². The highest BCUT2D eigenvalue weighted by atomic mass is 32.2. The Hall–Kier alpha value is -4.47. The molecule has 1 heterocycles. The van der Waals surface area contributed by atoms with Crippen molar-refractivity contribution in [3.05, 3.63) is 102 Å². The van der Waals surface area contributed by atoms with Crippen molar-refractivity contribution in [1.29, 1.82) is 5.41 Å². The fourth-order valence-electron chi connectivity index (χ4n) is 4.39. The van der Waals surface area contributed by atoms with Gasteiger partial charge < -0.3 is 15.4 Å². The van der Waals surface area contributed by atoms with Gasteiger partial charge >= 0.3 is 0 Å². The first-order chi connectivity index (χ1) is 17.7. The number of carbonyl (C=O) groups is 1. The van der Waals surface area contributed by atoms with Crippen LogP contribution in [-0.2, 0) is 21.4 Å². The van der Waals surface area contributed by atoms with Gasteiger partial charge in [0, 0.05) is 11.1 Å². The van der Waals surface area contributed by atoms with Gasteiger partial charge in [0.05, 0.1) is 17.1 Å². The predicted octanol–water partition coefficient (Wildman–Crippen LogP) is 3.88. The number of nitrogen functional groups attached to an aromatic ring is 1. The third-order valence-electron chi connectivity index (χ3n) is 6.18. The van der Waals surface area contributed by atoms with Crippen molar-refractivity contribution < 1.29 is 17.9 Å². The number of primary sulfonamides is 1. The van der Waals surface area contributed by atoms with Gasteiger partial charge in [-0.3, -0.25) is 10.2 Å². The highest BCUT2D eigenvalue weighted by Crippen LogP contribution is 2.38. The molecule has 0 radical (unpaired) electrons. The van der Waals surface area contributed by atoms with Crippen LogP contribution in [0.3, 0.4) is 0 Å². The van der Waals surface area contributed by atoms with Crippen LogP contribution in [0.2, 0.25) is 0 Å². The smallest absolute Gasteiger partial charge is 0.265 e. The minimum Gasteiger partial charge on any atom is -0.482 e. The van der Waals surface area contributed by atoms with Crippen LogP contribution in [-0.4, -0.2) is 26.8 Å². The van der Waals surface area contributed by atoms with E-state index in [0.717, 1.165) is 16.7 Å². The van der Waals surface area contributed by atoms with Crippen molar-refractivity contribution in [2.45, 2.75) is 11.4 Å². The number of amidine groups is 1. The molecule has 37 heavy (non-hydrogen) atoms. The number of anilines is 1. The van der Waals surface area contributed by atoms with Crippen LogP contribution >= 0.6 is 0 Å². The number of nitrogens with two attached hydrogens (primary N) is 2. The molecule has 1 aliphatic heterocycles. The van der Waals surface area contributed by atoms with Crippen molar-refractivity contribution in [3.8, 4) is 28.0 Å². The van der Waals surface area contributed by atoms with E-state index in [-0.39, 0.29) is 29.8 Å². The van der Waals surface area contributed by atoms with Crippen molar-refractivity contribution in [2.24, 2.45) is 10.9 Å². The second kappa shape index (κ2) is 9.53. The Kier molecular flexibility index (Phi) is 6.24. The number of ether oxygens (including phenoxy) is 1. The number of nitrogens with one attached hydrogen (secondary N) is 1. The molecule has 186 valence electrons. The zero-order chi connectivity index (χ0) is 26.2. The molecule has 0 bridgehead atoms. The van der Waals surface area contributed by atoms with Gasteiger partial charge in [-0.15, -0.1) is 0 Å². The van der Waals surface area contributed by atoms with Gasteiger partial charge in [-0.25, -0.2) is 13.6 Å². The molecule has 0 fully saturated rings. The van der Waals surface area contributed by atoms with E-state index in [1.165, 1.54) is 6.07 Å². The van der Waals surface area contributed by atoms with Crippen LogP contribution < -0.4 is 20.5 Å². The number of hydrogen-bond donors (Lipinski definition) is 3. The van der Waals surface area contributed by atoms with Gasteiger partial charge in [-0.05, 0) is 52.6 Å². The molecule has 0 aliphatic carbocycles. The molecule has 4 aromatic carbocycles. The van der Waals surface area contributed by atoms with Crippen LogP contribution in [0.15, 0.2) is 95.9 Å². The van der Waals surface area contributed by atoms with Crippen LogP contribution in [0, 0.1) is 5.41 Å². The monoisotopic (exact) mass is 512 g/mol. The summed E-state index contributed by atoms with van der Waals surface area (Å²) in [6, 6.07) is 26.9. The van der Waals surface area contributed by atoms with E-state index >= 15 is 0 Å². The lowest BCUT2D eigenvalue weighted by Gasteiger charge is -2.30. The normalized spacial score (nSPS) is 13.1. The summed E-state index contributed by atoms with van der Waals surface area (Å²) >= 11 is 0. The fourth-order valence-corrected chi connectivity index (χ4v) is 5.16. The van der Waals surface area contributed by atoms with Crippen LogP contribution in [0.5, 0.6) is 5.75 Å². The van der Waals surface area contributed by atoms with Crippen LogP contribution in [0.1, 0.15) is 11.1 Å². The summed E-state index contributed by atoms with van der Waals surface area (Å²) in [7, 11) is -3.95. The van der Waals surface area contributed by atoms with E-state index in [9.17, 15) is 13.2 Å². The SMILES string of the molecule is N=C(N)c1cccc(-c2cccc(CN3C(=O)COc4ccc(-c5ccccc5S(N)(=O)=O)cc43)c2)c1. The number of carbonyl (C=O) groups excluding carboxylic acids is 1. The van der Waals surface area contributed by atoms with E-state index in [1.54, 1.807) is 47.4 Å².